The van der Waals surface area contributed by atoms with Crippen LogP contribution in [-0.4, -0.2) is 25.0 Å². The van der Waals surface area contributed by atoms with E-state index in [0.29, 0.717) is 11.4 Å². The summed E-state index contributed by atoms with van der Waals surface area (Å²) < 4.78 is 5.63. The lowest BCUT2D eigenvalue weighted by molar-refractivity contribution is 0.129. The highest BCUT2D eigenvalue weighted by molar-refractivity contribution is 7.99. The quantitative estimate of drug-likeness (QED) is 0.881. The normalized spacial score (nSPS) is 22.5. The number of hydrogen-bond acceptors (Lipinski definition) is 4. The maximum absolute atomic E-state index is 5.84. The maximum atomic E-state index is 5.84. The SMILES string of the molecule is Cc1ccc(C(CN)SCC2CCCO2)s1. The Morgan fingerprint density at radius 3 is 3.06 bits per heavy atom. The first-order chi connectivity index (χ1) is 7.79. The van der Waals surface area contributed by atoms with E-state index in [-0.39, 0.29) is 0 Å². The molecule has 2 atom stereocenters. The first-order valence-corrected chi connectivity index (χ1v) is 7.65. The van der Waals surface area contributed by atoms with Gasteiger partial charge in [0.25, 0.3) is 0 Å². The Hall–Kier alpha value is -0.0300. The van der Waals surface area contributed by atoms with Gasteiger partial charge in [0.2, 0.25) is 0 Å². The van der Waals surface area contributed by atoms with Crippen LogP contribution in [0.4, 0.5) is 0 Å². The zero-order valence-electron chi connectivity index (χ0n) is 9.65. The first kappa shape index (κ1) is 12.4. The Balaban J connectivity index is 1.85. The van der Waals surface area contributed by atoms with Gasteiger partial charge in [-0.2, -0.15) is 0 Å². The summed E-state index contributed by atoms with van der Waals surface area (Å²) in [4.78, 5) is 2.77. The predicted molar refractivity (Wildman–Crippen MR) is 72.3 cm³/mol. The van der Waals surface area contributed by atoms with E-state index < -0.39 is 0 Å². The minimum Gasteiger partial charge on any atom is -0.377 e. The van der Waals surface area contributed by atoms with Gasteiger partial charge < -0.3 is 10.5 Å². The second-order valence-corrected chi connectivity index (χ2v) is 6.70. The van der Waals surface area contributed by atoms with Gasteiger partial charge in [0, 0.05) is 28.7 Å². The van der Waals surface area contributed by atoms with Crippen molar-refractivity contribution in [3.05, 3.63) is 21.9 Å². The largest absolute Gasteiger partial charge is 0.377 e. The zero-order valence-corrected chi connectivity index (χ0v) is 11.3. The van der Waals surface area contributed by atoms with Crippen molar-refractivity contribution in [1.82, 2.24) is 0 Å². The first-order valence-electron chi connectivity index (χ1n) is 5.79. The number of thioether (sulfide) groups is 1. The van der Waals surface area contributed by atoms with Crippen LogP contribution in [0.3, 0.4) is 0 Å². The summed E-state index contributed by atoms with van der Waals surface area (Å²) in [6.45, 7) is 3.81. The number of nitrogens with two attached hydrogens (primary N) is 1. The van der Waals surface area contributed by atoms with Crippen molar-refractivity contribution in [2.45, 2.75) is 31.1 Å². The molecule has 2 nitrogen and oxygen atoms in total. The number of aryl methyl sites for hydroxylation is 1. The lowest BCUT2D eigenvalue weighted by Crippen LogP contribution is -2.14. The highest BCUT2D eigenvalue weighted by Crippen LogP contribution is 2.34. The number of rotatable bonds is 5. The van der Waals surface area contributed by atoms with Crippen LogP contribution < -0.4 is 5.73 Å². The van der Waals surface area contributed by atoms with Crippen LogP contribution in [0.15, 0.2) is 12.1 Å². The molecule has 1 aliphatic rings. The maximum Gasteiger partial charge on any atom is 0.0666 e. The molecule has 0 aromatic carbocycles. The van der Waals surface area contributed by atoms with Crippen LogP contribution in [0, 0.1) is 6.92 Å². The van der Waals surface area contributed by atoms with E-state index in [1.54, 1.807) is 0 Å². The summed E-state index contributed by atoms with van der Waals surface area (Å²) in [5.41, 5.74) is 5.84. The molecule has 1 fully saturated rings. The van der Waals surface area contributed by atoms with Crippen LogP contribution in [0.5, 0.6) is 0 Å². The lowest BCUT2D eigenvalue weighted by Gasteiger charge is -2.15. The zero-order chi connectivity index (χ0) is 11.4. The molecular formula is C12H19NOS2. The molecule has 1 aromatic rings. The van der Waals surface area contributed by atoms with Gasteiger partial charge in [0.05, 0.1) is 11.4 Å². The van der Waals surface area contributed by atoms with Gasteiger partial charge in [0.1, 0.15) is 0 Å². The van der Waals surface area contributed by atoms with E-state index in [2.05, 4.69) is 19.1 Å². The second kappa shape index (κ2) is 6.05. The monoisotopic (exact) mass is 257 g/mol. The molecule has 2 rings (SSSR count). The molecule has 2 unspecified atom stereocenters. The standard InChI is InChI=1S/C12H19NOS2/c1-9-4-5-11(16-9)12(7-13)15-8-10-3-2-6-14-10/h4-5,10,12H,2-3,6-8,13H2,1H3. The van der Waals surface area contributed by atoms with Crippen LogP contribution in [0.2, 0.25) is 0 Å². The molecule has 2 N–H and O–H groups in total. The Morgan fingerprint density at radius 1 is 1.62 bits per heavy atom. The van der Waals surface area contributed by atoms with Crippen molar-refractivity contribution < 1.29 is 4.74 Å². The molecule has 4 heteroatoms. The molecule has 1 saturated heterocycles. The van der Waals surface area contributed by atoms with Gasteiger partial charge in [-0.3, -0.25) is 0 Å². The minimum atomic E-state index is 0.447. The number of thiophene rings is 1. The molecule has 0 bridgehead atoms. The molecule has 0 aliphatic carbocycles. The number of hydrogen-bond donors (Lipinski definition) is 1. The Kier molecular flexibility index (Phi) is 4.70. The van der Waals surface area contributed by atoms with Crippen LogP contribution in [0.25, 0.3) is 0 Å². The molecule has 0 amide bonds. The topological polar surface area (TPSA) is 35.2 Å². The molecule has 2 heterocycles. The third-order valence-electron chi connectivity index (χ3n) is 2.80. The summed E-state index contributed by atoms with van der Waals surface area (Å²) in [5.74, 6) is 1.08. The summed E-state index contributed by atoms with van der Waals surface area (Å²) >= 11 is 3.81. The average molecular weight is 257 g/mol. The van der Waals surface area contributed by atoms with Gasteiger partial charge in [-0.25, -0.2) is 0 Å². The van der Waals surface area contributed by atoms with Crippen molar-refractivity contribution in [2.75, 3.05) is 18.9 Å². The van der Waals surface area contributed by atoms with E-state index in [0.717, 1.165) is 18.9 Å². The van der Waals surface area contributed by atoms with Gasteiger partial charge in [-0.1, -0.05) is 0 Å². The second-order valence-electron chi connectivity index (χ2n) is 4.14. The van der Waals surface area contributed by atoms with Crippen molar-refractivity contribution in [3.8, 4) is 0 Å². The summed E-state index contributed by atoms with van der Waals surface area (Å²) in [7, 11) is 0. The van der Waals surface area contributed by atoms with E-state index in [9.17, 15) is 0 Å². The van der Waals surface area contributed by atoms with Gasteiger partial charge in [0.15, 0.2) is 0 Å². The Labute approximate surface area is 106 Å². The molecule has 0 spiro atoms. The summed E-state index contributed by atoms with van der Waals surface area (Å²) in [5, 5.41) is 0.447. The fourth-order valence-corrected chi connectivity index (χ4v) is 4.20. The van der Waals surface area contributed by atoms with E-state index >= 15 is 0 Å². The van der Waals surface area contributed by atoms with Crippen molar-refractivity contribution in [3.63, 3.8) is 0 Å². The predicted octanol–water partition coefficient (Wildman–Crippen LogP) is 2.97. The van der Waals surface area contributed by atoms with Crippen molar-refractivity contribution >= 4 is 23.1 Å². The fraction of sp³-hybridized carbons (Fsp3) is 0.667. The van der Waals surface area contributed by atoms with Crippen molar-refractivity contribution in [1.29, 1.82) is 0 Å². The lowest BCUT2D eigenvalue weighted by atomic mass is 10.3. The highest BCUT2D eigenvalue weighted by atomic mass is 32.2. The van der Waals surface area contributed by atoms with Crippen LogP contribution in [0.1, 0.15) is 27.8 Å². The highest BCUT2D eigenvalue weighted by Gasteiger charge is 2.19. The average Bonchev–Trinajstić information content (AvgIpc) is 2.91. The smallest absolute Gasteiger partial charge is 0.0666 e. The van der Waals surface area contributed by atoms with Gasteiger partial charge in [-0.05, 0) is 31.9 Å². The van der Waals surface area contributed by atoms with Gasteiger partial charge in [-0.15, -0.1) is 23.1 Å². The molecule has 1 aliphatic heterocycles. The van der Waals surface area contributed by atoms with Gasteiger partial charge >= 0.3 is 0 Å². The van der Waals surface area contributed by atoms with E-state index in [1.807, 2.05) is 23.1 Å². The van der Waals surface area contributed by atoms with E-state index in [1.165, 1.54) is 22.6 Å². The Bertz CT molecular complexity index is 321. The van der Waals surface area contributed by atoms with Crippen LogP contribution >= 0.6 is 23.1 Å². The third kappa shape index (κ3) is 3.23. The van der Waals surface area contributed by atoms with E-state index in [4.69, 9.17) is 10.5 Å². The number of ether oxygens (including phenoxy) is 1. The fourth-order valence-electron chi connectivity index (χ4n) is 1.89. The summed E-state index contributed by atoms with van der Waals surface area (Å²) in [6.07, 6.45) is 2.89. The third-order valence-corrected chi connectivity index (χ3v) is 5.48. The van der Waals surface area contributed by atoms with Crippen molar-refractivity contribution in [2.24, 2.45) is 5.73 Å². The van der Waals surface area contributed by atoms with Crippen LogP contribution in [-0.2, 0) is 4.74 Å². The molecule has 16 heavy (non-hydrogen) atoms. The molecule has 0 saturated carbocycles. The summed E-state index contributed by atoms with van der Waals surface area (Å²) in [6, 6.07) is 4.38. The molecular weight excluding hydrogens is 238 g/mol. The minimum absolute atomic E-state index is 0.447. The molecule has 90 valence electrons. The Morgan fingerprint density at radius 2 is 2.50 bits per heavy atom. The molecule has 1 aromatic heterocycles. The molecule has 0 radical (unpaired) electrons.